The van der Waals surface area contributed by atoms with Gasteiger partial charge in [0.15, 0.2) is 6.10 Å². The summed E-state index contributed by atoms with van der Waals surface area (Å²) in [4.78, 5) is 14.3. The van der Waals surface area contributed by atoms with Crippen molar-refractivity contribution in [2.24, 2.45) is 0 Å². The number of ether oxygens (including phenoxy) is 2. The Kier molecular flexibility index (Phi) is 5.01. The van der Waals surface area contributed by atoms with Crippen LogP contribution in [-0.4, -0.2) is 44.2 Å². The van der Waals surface area contributed by atoms with Crippen LogP contribution in [0.15, 0.2) is 54.6 Å². The first-order valence-electron chi connectivity index (χ1n) is 8.01. The van der Waals surface area contributed by atoms with Crippen LogP contribution in [0, 0.1) is 0 Å². The Balaban J connectivity index is 1.95. The molecule has 2 aromatic carbocycles. The molecule has 5 heteroatoms. The van der Waals surface area contributed by atoms with E-state index in [1.165, 1.54) is 0 Å². The average Bonchev–Trinajstić information content (AvgIpc) is 2.63. The Morgan fingerprint density at radius 2 is 2.00 bits per heavy atom. The van der Waals surface area contributed by atoms with Gasteiger partial charge in [0.2, 0.25) is 0 Å². The van der Waals surface area contributed by atoms with Crippen LogP contribution in [0.1, 0.15) is 11.6 Å². The molecule has 0 unspecified atom stereocenters. The summed E-state index contributed by atoms with van der Waals surface area (Å²) in [5.74, 6) is 0.737. The maximum Gasteiger partial charge on any atom is 0.254 e. The molecule has 0 radical (unpaired) electrons. The molecule has 2 atom stereocenters. The Hall–Kier alpha value is -2.53. The van der Waals surface area contributed by atoms with Gasteiger partial charge in [0.05, 0.1) is 19.8 Å². The molecule has 0 bridgehead atoms. The van der Waals surface area contributed by atoms with E-state index in [2.05, 4.69) is 5.32 Å². The SMILES string of the molecule is COc1cccc([C@H](Nc2ccccc2)[C@@H]2OCCN(C)C2=O)c1. The van der Waals surface area contributed by atoms with Crippen LogP contribution in [0.5, 0.6) is 5.75 Å². The zero-order valence-corrected chi connectivity index (χ0v) is 13.9. The summed E-state index contributed by atoms with van der Waals surface area (Å²) in [5.41, 5.74) is 1.89. The fourth-order valence-corrected chi connectivity index (χ4v) is 2.84. The standard InChI is InChI=1S/C19H22N2O3/c1-21-11-12-24-18(19(21)22)17(20-15-8-4-3-5-9-15)14-7-6-10-16(13-14)23-2/h3-10,13,17-18,20H,11-12H2,1-2H3/t17-,18-/m0/s1. The van der Waals surface area contributed by atoms with Gasteiger partial charge in [-0.25, -0.2) is 0 Å². The van der Waals surface area contributed by atoms with Crippen LogP contribution in [0.4, 0.5) is 5.69 Å². The number of amides is 1. The van der Waals surface area contributed by atoms with Gasteiger partial charge in [-0.15, -0.1) is 0 Å². The normalized spacial score (nSPS) is 19.0. The Morgan fingerprint density at radius 1 is 1.21 bits per heavy atom. The molecule has 1 aliphatic rings. The van der Waals surface area contributed by atoms with Crippen molar-refractivity contribution in [3.05, 3.63) is 60.2 Å². The summed E-state index contributed by atoms with van der Waals surface area (Å²) in [7, 11) is 3.44. The minimum Gasteiger partial charge on any atom is -0.497 e. The highest BCUT2D eigenvalue weighted by Crippen LogP contribution is 2.29. The van der Waals surface area contributed by atoms with Crippen molar-refractivity contribution >= 4 is 11.6 Å². The molecular weight excluding hydrogens is 304 g/mol. The molecule has 0 aliphatic carbocycles. The molecule has 5 nitrogen and oxygen atoms in total. The van der Waals surface area contributed by atoms with Crippen LogP contribution in [0.2, 0.25) is 0 Å². The molecule has 3 rings (SSSR count). The van der Waals surface area contributed by atoms with Gasteiger partial charge < -0.3 is 19.7 Å². The Morgan fingerprint density at radius 3 is 2.75 bits per heavy atom. The van der Waals surface area contributed by atoms with E-state index < -0.39 is 6.10 Å². The second-order valence-corrected chi connectivity index (χ2v) is 5.82. The van der Waals surface area contributed by atoms with E-state index >= 15 is 0 Å². The fraction of sp³-hybridized carbons (Fsp3) is 0.316. The van der Waals surface area contributed by atoms with Gasteiger partial charge in [0.1, 0.15) is 5.75 Å². The number of morpholine rings is 1. The number of likely N-dealkylation sites (N-methyl/N-ethyl adjacent to an activating group) is 1. The van der Waals surface area contributed by atoms with Crippen LogP contribution < -0.4 is 10.1 Å². The maximum atomic E-state index is 12.6. The van der Waals surface area contributed by atoms with Gasteiger partial charge in [0.25, 0.3) is 5.91 Å². The summed E-state index contributed by atoms with van der Waals surface area (Å²) >= 11 is 0. The lowest BCUT2D eigenvalue weighted by Crippen LogP contribution is -2.49. The first-order valence-corrected chi connectivity index (χ1v) is 8.01. The van der Waals surface area contributed by atoms with Crippen molar-refractivity contribution in [3.8, 4) is 5.75 Å². The van der Waals surface area contributed by atoms with E-state index in [0.29, 0.717) is 13.2 Å². The van der Waals surface area contributed by atoms with Gasteiger partial charge in [-0.3, -0.25) is 4.79 Å². The number of benzene rings is 2. The molecule has 1 saturated heterocycles. The topological polar surface area (TPSA) is 50.8 Å². The van der Waals surface area contributed by atoms with E-state index in [0.717, 1.165) is 17.0 Å². The Labute approximate surface area is 142 Å². The highest BCUT2D eigenvalue weighted by molar-refractivity contribution is 5.83. The van der Waals surface area contributed by atoms with Crippen molar-refractivity contribution in [1.82, 2.24) is 4.90 Å². The third-order valence-electron chi connectivity index (χ3n) is 4.20. The first kappa shape index (κ1) is 16.3. The van der Waals surface area contributed by atoms with E-state index in [1.54, 1.807) is 12.0 Å². The molecule has 2 aromatic rings. The lowest BCUT2D eigenvalue weighted by atomic mass is 9.98. The predicted molar refractivity (Wildman–Crippen MR) is 93.2 cm³/mol. The molecule has 0 saturated carbocycles. The lowest BCUT2D eigenvalue weighted by molar-refractivity contribution is -0.152. The number of rotatable bonds is 5. The van der Waals surface area contributed by atoms with Crippen LogP contribution in [-0.2, 0) is 9.53 Å². The monoisotopic (exact) mass is 326 g/mol. The second kappa shape index (κ2) is 7.36. The third kappa shape index (κ3) is 3.51. The van der Waals surface area contributed by atoms with Crippen molar-refractivity contribution in [2.45, 2.75) is 12.1 Å². The summed E-state index contributed by atoms with van der Waals surface area (Å²) in [6.07, 6.45) is -0.573. The van der Waals surface area contributed by atoms with Crippen molar-refractivity contribution in [3.63, 3.8) is 0 Å². The number of carbonyl (C=O) groups excluding carboxylic acids is 1. The maximum absolute atomic E-state index is 12.6. The van der Waals surface area contributed by atoms with E-state index in [4.69, 9.17) is 9.47 Å². The zero-order valence-electron chi connectivity index (χ0n) is 13.9. The smallest absolute Gasteiger partial charge is 0.254 e. The summed E-state index contributed by atoms with van der Waals surface area (Å²) < 4.78 is 11.2. The highest BCUT2D eigenvalue weighted by Gasteiger charge is 2.35. The quantitative estimate of drug-likeness (QED) is 0.918. The van der Waals surface area contributed by atoms with E-state index in [-0.39, 0.29) is 11.9 Å². The summed E-state index contributed by atoms with van der Waals surface area (Å²) in [5, 5.41) is 3.44. The molecule has 1 aliphatic heterocycles. The van der Waals surface area contributed by atoms with Crippen LogP contribution in [0.25, 0.3) is 0 Å². The number of para-hydroxylation sites is 1. The molecule has 1 heterocycles. The van der Waals surface area contributed by atoms with Gasteiger partial charge in [-0.1, -0.05) is 30.3 Å². The van der Waals surface area contributed by atoms with Crippen LogP contribution >= 0.6 is 0 Å². The molecule has 1 amide bonds. The Bertz CT molecular complexity index is 690. The third-order valence-corrected chi connectivity index (χ3v) is 4.20. The number of hydrogen-bond acceptors (Lipinski definition) is 4. The van der Waals surface area contributed by atoms with Crippen molar-refractivity contribution in [1.29, 1.82) is 0 Å². The molecule has 1 N–H and O–H groups in total. The lowest BCUT2D eigenvalue weighted by Gasteiger charge is -2.35. The molecule has 126 valence electrons. The van der Waals surface area contributed by atoms with Gasteiger partial charge in [-0.05, 0) is 29.8 Å². The fourth-order valence-electron chi connectivity index (χ4n) is 2.84. The molecule has 24 heavy (non-hydrogen) atoms. The second-order valence-electron chi connectivity index (χ2n) is 5.82. The predicted octanol–water partition coefficient (Wildman–Crippen LogP) is 2.71. The largest absolute Gasteiger partial charge is 0.497 e. The van der Waals surface area contributed by atoms with E-state index in [9.17, 15) is 4.79 Å². The zero-order chi connectivity index (χ0) is 16.9. The van der Waals surface area contributed by atoms with E-state index in [1.807, 2.05) is 61.6 Å². The van der Waals surface area contributed by atoms with Crippen LogP contribution in [0.3, 0.4) is 0 Å². The minimum atomic E-state index is -0.573. The van der Waals surface area contributed by atoms with Gasteiger partial charge >= 0.3 is 0 Å². The number of hydrogen-bond donors (Lipinski definition) is 1. The number of methoxy groups -OCH3 is 1. The molecule has 0 spiro atoms. The number of anilines is 1. The van der Waals surface area contributed by atoms with Gasteiger partial charge in [-0.2, -0.15) is 0 Å². The number of nitrogens with zero attached hydrogens (tertiary/aromatic N) is 1. The molecule has 1 fully saturated rings. The highest BCUT2D eigenvalue weighted by atomic mass is 16.5. The summed E-state index contributed by atoms with van der Waals surface area (Å²) in [6.45, 7) is 1.15. The average molecular weight is 326 g/mol. The number of carbonyl (C=O) groups is 1. The van der Waals surface area contributed by atoms with Crippen molar-refractivity contribution in [2.75, 3.05) is 32.6 Å². The number of nitrogens with one attached hydrogen (secondary N) is 1. The molecule has 0 aromatic heterocycles. The first-order chi connectivity index (χ1) is 11.7. The summed E-state index contributed by atoms with van der Waals surface area (Å²) in [6, 6.07) is 17.3. The minimum absolute atomic E-state index is 0.0162. The van der Waals surface area contributed by atoms with Gasteiger partial charge in [0, 0.05) is 19.3 Å². The van der Waals surface area contributed by atoms with Crippen molar-refractivity contribution < 1.29 is 14.3 Å². The molecular formula is C19H22N2O3.